The van der Waals surface area contributed by atoms with Crippen molar-refractivity contribution in [2.75, 3.05) is 5.32 Å². The molecule has 0 spiro atoms. The lowest BCUT2D eigenvalue weighted by Gasteiger charge is -2.11. The fourth-order valence-corrected chi connectivity index (χ4v) is 4.51. The molecule has 2 amide bonds. The predicted octanol–water partition coefficient (Wildman–Crippen LogP) is 6.45. The molecule has 4 nitrogen and oxygen atoms in total. The standard InChI is InChI=1S/C27H22N2O2S2/c30-26(22-9-5-2-6-10-22)29-25(17-21-15-16-32-18-21)27(31)28-23-11-13-24(14-12-23)33-19-20-7-3-1-4-8-20/h1-18H,19H2,(H,28,31)(H,29,30)/b25-17-. The number of carbonyl (C=O) groups is 2. The summed E-state index contributed by atoms with van der Waals surface area (Å²) < 4.78 is 0. The van der Waals surface area contributed by atoms with E-state index in [1.54, 1.807) is 42.1 Å². The summed E-state index contributed by atoms with van der Waals surface area (Å²) in [6, 6.07) is 28.7. The third-order valence-corrected chi connectivity index (χ3v) is 6.53. The van der Waals surface area contributed by atoms with Gasteiger partial charge < -0.3 is 10.6 Å². The van der Waals surface area contributed by atoms with E-state index >= 15 is 0 Å². The number of benzene rings is 3. The molecular weight excluding hydrogens is 448 g/mol. The Kier molecular flexibility index (Phi) is 7.74. The van der Waals surface area contributed by atoms with Crippen molar-refractivity contribution in [1.82, 2.24) is 5.32 Å². The van der Waals surface area contributed by atoms with Gasteiger partial charge >= 0.3 is 0 Å². The number of thioether (sulfide) groups is 1. The number of hydrogen-bond acceptors (Lipinski definition) is 4. The summed E-state index contributed by atoms with van der Waals surface area (Å²) in [5, 5.41) is 9.48. The molecule has 0 fully saturated rings. The van der Waals surface area contributed by atoms with E-state index in [2.05, 4.69) is 22.8 Å². The number of carbonyl (C=O) groups excluding carboxylic acids is 2. The van der Waals surface area contributed by atoms with E-state index in [0.717, 1.165) is 16.2 Å². The molecule has 0 radical (unpaired) electrons. The van der Waals surface area contributed by atoms with Gasteiger partial charge in [0.1, 0.15) is 5.70 Å². The molecule has 4 aromatic rings. The fraction of sp³-hybridized carbons (Fsp3) is 0.0370. The zero-order chi connectivity index (χ0) is 22.9. The summed E-state index contributed by atoms with van der Waals surface area (Å²) in [6.07, 6.45) is 1.68. The number of anilines is 1. The summed E-state index contributed by atoms with van der Waals surface area (Å²) >= 11 is 3.26. The molecule has 0 saturated carbocycles. The van der Waals surface area contributed by atoms with Crippen molar-refractivity contribution in [3.05, 3.63) is 124 Å². The zero-order valence-corrected chi connectivity index (χ0v) is 19.4. The van der Waals surface area contributed by atoms with E-state index in [0.29, 0.717) is 11.3 Å². The molecule has 1 heterocycles. The van der Waals surface area contributed by atoms with Crippen molar-refractivity contribution in [3.8, 4) is 0 Å². The number of hydrogen-bond donors (Lipinski definition) is 2. The summed E-state index contributed by atoms with van der Waals surface area (Å²) in [4.78, 5) is 26.8. The van der Waals surface area contributed by atoms with E-state index in [-0.39, 0.29) is 17.5 Å². The lowest BCUT2D eigenvalue weighted by molar-refractivity contribution is -0.113. The highest BCUT2D eigenvalue weighted by Crippen LogP contribution is 2.24. The first kappa shape index (κ1) is 22.6. The van der Waals surface area contributed by atoms with Crippen LogP contribution in [0.15, 0.2) is 112 Å². The number of thiophene rings is 1. The molecule has 0 atom stereocenters. The van der Waals surface area contributed by atoms with Crippen LogP contribution in [0.5, 0.6) is 0 Å². The summed E-state index contributed by atoms with van der Waals surface area (Å²) in [7, 11) is 0. The molecule has 164 valence electrons. The van der Waals surface area contributed by atoms with E-state index in [4.69, 9.17) is 0 Å². The molecule has 0 saturated heterocycles. The maximum atomic E-state index is 13.0. The van der Waals surface area contributed by atoms with Gasteiger partial charge in [0.25, 0.3) is 11.8 Å². The average molecular weight is 471 g/mol. The van der Waals surface area contributed by atoms with E-state index in [1.807, 2.05) is 65.4 Å². The van der Waals surface area contributed by atoms with Crippen molar-refractivity contribution >= 4 is 46.7 Å². The highest BCUT2D eigenvalue weighted by atomic mass is 32.2. The first-order chi connectivity index (χ1) is 16.2. The topological polar surface area (TPSA) is 58.2 Å². The van der Waals surface area contributed by atoms with Gasteiger partial charge in [-0.1, -0.05) is 48.5 Å². The molecular formula is C27H22N2O2S2. The molecule has 2 N–H and O–H groups in total. The summed E-state index contributed by atoms with van der Waals surface area (Å²) in [5.41, 5.74) is 3.45. The molecule has 0 unspecified atom stereocenters. The Bertz CT molecular complexity index is 1220. The van der Waals surface area contributed by atoms with Crippen LogP contribution >= 0.6 is 23.1 Å². The molecule has 4 rings (SSSR count). The maximum Gasteiger partial charge on any atom is 0.272 e. The van der Waals surface area contributed by atoms with Crippen molar-refractivity contribution < 1.29 is 9.59 Å². The van der Waals surface area contributed by atoms with Crippen molar-refractivity contribution in [2.45, 2.75) is 10.6 Å². The minimum absolute atomic E-state index is 0.185. The SMILES string of the molecule is O=C(Nc1ccc(SCc2ccccc2)cc1)/C(=C/c1ccsc1)NC(=O)c1ccccc1. The fourth-order valence-electron chi connectivity index (χ4n) is 3.04. The predicted molar refractivity (Wildman–Crippen MR) is 137 cm³/mol. The molecule has 0 bridgehead atoms. The molecule has 33 heavy (non-hydrogen) atoms. The first-order valence-corrected chi connectivity index (χ1v) is 12.3. The van der Waals surface area contributed by atoms with E-state index in [9.17, 15) is 9.59 Å². The second-order valence-corrected chi connectivity index (χ2v) is 9.02. The quantitative estimate of drug-likeness (QED) is 0.230. The minimum atomic E-state index is -0.379. The molecule has 3 aromatic carbocycles. The molecule has 0 aliphatic heterocycles. The van der Waals surface area contributed by atoms with Gasteiger partial charge in [0, 0.05) is 21.9 Å². The van der Waals surface area contributed by atoms with Crippen LogP contribution in [0.3, 0.4) is 0 Å². The highest BCUT2D eigenvalue weighted by Gasteiger charge is 2.15. The Morgan fingerprint density at radius 2 is 1.55 bits per heavy atom. The van der Waals surface area contributed by atoms with Crippen LogP contribution in [0.1, 0.15) is 21.5 Å². The van der Waals surface area contributed by atoms with Crippen LogP contribution in [0.25, 0.3) is 6.08 Å². The first-order valence-electron chi connectivity index (χ1n) is 10.4. The van der Waals surface area contributed by atoms with E-state index < -0.39 is 0 Å². The van der Waals surface area contributed by atoms with Gasteiger partial charge in [-0.05, 0) is 70.4 Å². The Morgan fingerprint density at radius 3 is 2.21 bits per heavy atom. The van der Waals surface area contributed by atoms with Crippen molar-refractivity contribution in [3.63, 3.8) is 0 Å². The molecule has 0 aliphatic rings. The number of nitrogens with one attached hydrogen (secondary N) is 2. The second kappa shape index (κ2) is 11.3. The van der Waals surface area contributed by atoms with Crippen LogP contribution in [0, 0.1) is 0 Å². The van der Waals surface area contributed by atoms with Crippen molar-refractivity contribution in [2.24, 2.45) is 0 Å². The lowest BCUT2D eigenvalue weighted by Crippen LogP contribution is -2.30. The largest absolute Gasteiger partial charge is 0.321 e. The maximum absolute atomic E-state index is 13.0. The Morgan fingerprint density at radius 1 is 0.848 bits per heavy atom. The summed E-state index contributed by atoms with van der Waals surface area (Å²) in [6.45, 7) is 0. The number of rotatable bonds is 8. The highest BCUT2D eigenvalue weighted by molar-refractivity contribution is 7.98. The van der Waals surface area contributed by atoms with Gasteiger partial charge in [-0.3, -0.25) is 9.59 Å². The number of amides is 2. The normalized spacial score (nSPS) is 11.1. The Labute approximate surface area is 201 Å². The molecule has 0 aliphatic carbocycles. The van der Waals surface area contributed by atoms with Crippen LogP contribution < -0.4 is 10.6 Å². The molecule has 6 heteroatoms. The van der Waals surface area contributed by atoms with E-state index in [1.165, 1.54) is 16.9 Å². The van der Waals surface area contributed by atoms with Gasteiger partial charge in [0.05, 0.1) is 0 Å². The summed E-state index contributed by atoms with van der Waals surface area (Å²) in [5.74, 6) is 0.168. The average Bonchev–Trinajstić information content (AvgIpc) is 3.37. The molecule has 1 aromatic heterocycles. The third kappa shape index (κ3) is 6.68. The smallest absolute Gasteiger partial charge is 0.272 e. The van der Waals surface area contributed by atoms with Gasteiger partial charge in [0.15, 0.2) is 0 Å². The van der Waals surface area contributed by atoms with Crippen molar-refractivity contribution in [1.29, 1.82) is 0 Å². The lowest BCUT2D eigenvalue weighted by atomic mass is 10.2. The monoisotopic (exact) mass is 470 g/mol. The van der Waals surface area contributed by atoms with Crippen LogP contribution in [0.2, 0.25) is 0 Å². The van der Waals surface area contributed by atoms with Crippen LogP contribution in [-0.2, 0) is 10.5 Å². The van der Waals surface area contributed by atoms with Gasteiger partial charge in [0.2, 0.25) is 0 Å². The second-order valence-electron chi connectivity index (χ2n) is 7.19. The van der Waals surface area contributed by atoms with Crippen LogP contribution in [-0.4, -0.2) is 11.8 Å². The van der Waals surface area contributed by atoms with Crippen LogP contribution in [0.4, 0.5) is 5.69 Å². The minimum Gasteiger partial charge on any atom is -0.321 e. The zero-order valence-electron chi connectivity index (χ0n) is 17.7. The van der Waals surface area contributed by atoms with Gasteiger partial charge in [-0.25, -0.2) is 0 Å². The Balaban J connectivity index is 1.43. The Hall–Kier alpha value is -3.61. The third-order valence-electron chi connectivity index (χ3n) is 4.74. The van der Waals surface area contributed by atoms with Gasteiger partial charge in [-0.2, -0.15) is 11.3 Å². The van der Waals surface area contributed by atoms with Gasteiger partial charge in [-0.15, -0.1) is 11.8 Å².